The molecule has 0 heterocycles. The molecule has 3 unspecified atom stereocenters. The third-order valence-corrected chi connectivity index (χ3v) is 5.23. The second-order valence-corrected chi connectivity index (χ2v) is 6.01. The molecular weight excluding hydrogens is 308 g/mol. The topological polar surface area (TPSA) is 57.2 Å². The molecule has 2 bridgehead atoms. The van der Waals surface area contributed by atoms with E-state index in [1.165, 1.54) is 0 Å². The predicted molar refractivity (Wildman–Crippen MR) is 52.3 cm³/mol. The van der Waals surface area contributed by atoms with Gasteiger partial charge in [-0.15, -0.1) is 0 Å². The first-order chi connectivity index (χ1) is 6.40. The molecule has 0 spiro atoms. The summed E-state index contributed by atoms with van der Waals surface area (Å²) in [5, 5.41) is 0. The summed E-state index contributed by atoms with van der Waals surface area (Å²) < 4.78 is 21.6. The monoisotopic (exact) mass is 322 g/mol. The van der Waals surface area contributed by atoms with Gasteiger partial charge < -0.3 is 4.55 Å². The van der Waals surface area contributed by atoms with Crippen molar-refractivity contribution in [2.24, 2.45) is 16.7 Å². The van der Waals surface area contributed by atoms with Crippen molar-refractivity contribution in [1.82, 2.24) is 0 Å². The third-order valence-electron chi connectivity index (χ3n) is 4.50. The van der Waals surface area contributed by atoms with Gasteiger partial charge in [0.05, 0.1) is 0 Å². The van der Waals surface area contributed by atoms with Crippen LogP contribution in [0.25, 0.3) is 0 Å². The zero-order chi connectivity index (χ0) is 10.6. The maximum absolute atomic E-state index is 11.8. The van der Waals surface area contributed by atoms with Crippen molar-refractivity contribution in [2.45, 2.75) is 33.1 Å². The van der Waals surface area contributed by atoms with E-state index in [9.17, 15) is 13.6 Å². The van der Waals surface area contributed by atoms with Gasteiger partial charge in [-0.1, -0.05) is 24.9 Å². The fourth-order valence-corrected chi connectivity index (χ4v) is 4.39. The molecule has 90 valence electrons. The van der Waals surface area contributed by atoms with E-state index < -0.39 is 16.5 Å². The molecule has 2 rings (SSSR count). The minimum Gasteiger partial charge on any atom is -0.772 e. The van der Waals surface area contributed by atoms with Crippen LogP contribution in [-0.4, -0.2) is 20.3 Å². The van der Waals surface area contributed by atoms with Gasteiger partial charge in [-0.2, -0.15) is 0 Å². The Morgan fingerprint density at radius 1 is 1.53 bits per heavy atom. The second kappa shape index (κ2) is 4.08. The zero-order valence-corrected chi connectivity index (χ0v) is 11.1. The summed E-state index contributed by atoms with van der Waals surface area (Å²) in [7, 11) is 0. The Morgan fingerprint density at radius 2 is 2.13 bits per heavy atom. The van der Waals surface area contributed by atoms with Crippen LogP contribution in [0.1, 0.15) is 33.1 Å². The Hall–Kier alpha value is 0.520. The molecule has 5 heteroatoms. The summed E-state index contributed by atoms with van der Waals surface area (Å²) in [6.45, 7) is 4.09. The number of ketones is 1. The van der Waals surface area contributed by atoms with Gasteiger partial charge in [-0.05, 0) is 24.2 Å². The van der Waals surface area contributed by atoms with Crippen LogP contribution in [0, 0.1) is 16.7 Å². The molecular formula is C10H15AgO3S. The van der Waals surface area contributed by atoms with E-state index in [4.69, 9.17) is 0 Å². The second-order valence-electron chi connectivity index (χ2n) is 5.11. The summed E-state index contributed by atoms with van der Waals surface area (Å²) in [5.74, 6) is 0.594. The van der Waals surface area contributed by atoms with Gasteiger partial charge in [-0.25, -0.2) is 0 Å². The average Bonchev–Trinajstić information content (AvgIpc) is 2.36. The number of rotatable bonds is 2. The molecule has 0 aromatic heterocycles. The molecule has 3 atom stereocenters. The Kier molecular flexibility index (Phi) is 3.69. The third kappa shape index (κ3) is 1.71. The van der Waals surface area contributed by atoms with Crippen molar-refractivity contribution in [3.63, 3.8) is 0 Å². The van der Waals surface area contributed by atoms with Gasteiger partial charge in [0.1, 0.15) is 5.78 Å². The fraction of sp³-hybridized carbons (Fsp3) is 0.900. The number of carbonyl (C=O) groups excluding carboxylic acids is 1. The van der Waals surface area contributed by atoms with Crippen LogP contribution < -0.4 is 0 Å². The molecule has 2 aliphatic carbocycles. The van der Waals surface area contributed by atoms with E-state index in [0.29, 0.717) is 12.3 Å². The summed E-state index contributed by atoms with van der Waals surface area (Å²) in [6, 6.07) is 0. The summed E-state index contributed by atoms with van der Waals surface area (Å²) >= 11 is -2.11. The molecule has 0 aromatic carbocycles. The van der Waals surface area contributed by atoms with Crippen LogP contribution in [0.4, 0.5) is 0 Å². The minimum absolute atomic E-state index is 0. The first kappa shape index (κ1) is 13.6. The van der Waals surface area contributed by atoms with Crippen molar-refractivity contribution in [3.05, 3.63) is 0 Å². The van der Waals surface area contributed by atoms with Crippen LogP contribution in [0.5, 0.6) is 0 Å². The maximum atomic E-state index is 11.8. The largest absolute Gasteiger partial charge is 1.00 e. The van der Waals surface area contributed by atoms with Gasteiger partial charge in [0, 0.05) is 17.6 Å². The molecule has 2 fully saturated rings. The fourth-order valence-electron chi connectivity index (χ4n) is 3.31. The van der Waals surface area contributed by atoms with Crippen LogP contribution in [0.15, 0.2) is 0 Å². The smallest absolute Gasteiger partial charge is 0.772 e. The van der Waals surface area contributed by atoms with Gasteiger partial charge in [0.15, 0.2) is 0 Å². The molecule has 0 saturated heterocycles. The van der Waals surface area contributed by atoms with Crippen LogP contribution in [-0.2, 0) is 38.3 Å². The average molecular weight is 323 g/mol. The molecule has 2 aliphatic rings. The molecule has 0 aromatic rings. The molecule has 3 nitrogen and oxygen atoms in total. The van der Waals surface area contributed by atoms with E-state index in [1.54, 1.807) is 0 Å². The van der Waals surface area contributed by atoms with E-state index in [2.05, 4.69) is 0 Å². The number of fused-ring (bicyclic) bond motifs is 2. The van der Waals surface area contributed by atoms with Crippen LogP contribution in [0.3, 0.4) is 0 Å². The summed E-state index contributed by atoms with van der Waals surface area (Å²) in [6.07, 6.45) is 2.36. The predicted octanol–water partition coefficient (Wildman–Crippen LogP) is 1.26. The van der Waals surface area contributed by atoms with Gasteiger partial charge in [0.2, 0.25) is 0 Å². The first-order valence-electron chi connectivity index (χ1n) is 4.99. The Labute approximate surface area is 108 Å². The number of Topliss-reactive ketones (excluding diaryl/α,β-unsaturated/α-hetero) is 1. The van der Waals surface area contributed by atoms with Gasteiger partial charge >= 0.3 is 22.4 Å². The van der Waals surface area contributed by atoms with Crippen molar-refractivity contribution in [1.29, 1.82) is 0 Å². The zero-order valence-electron chi connectivity index (χ0n) is 8.84. The van der Waals surface area contributed by atoms with Crippen LogP contribution >= 0.6 is 0 Å². The quantitative estimate of drug-likeness (QED) is 0.568. The Morgan fingerprint density at radius 3 is 2.47 bits per heavy atom. The van der Waals surface area contributed by atoms with Gasteiger partial charge in [0.25, 0.3) is 0 Å². The maximum Gasteiger partial charge on any atom is 1.00 e. The van der Waals surface area contributed by atoms with E-state index in [-0.39, 0.29) is 39.3 Å². The van der Waals surface area contributed by atoms with Crippen molar-refractivity contribution in [3.8, 4) is 0 Å². The molecule has 0 aliphatic heterocycles. The van der Waals surface area contributed by atoms with Crippen molar-refractivity contribution >= 4 is 16.9 Å². The number of hydrogen-bond acceptors (Lipinski definition) is 3. The normalized spacial score (nSPS) is 38.9. The van der Waals surface area contributed by atoms with Gasteiger partial charge in [-0.3, -0.25) is 9.00 Å². The van der Waals surface area contributed by atoms with Crippen LogP contribution in [0.2, 0.25) is 0 Å². The number of carbonyl (C=O) groups is 1. The number of hydrogen-bond donors (Lipinski definition) is 0. The molecule has 15 heavy (non-hydrogen) atoms. The SMILES string of the molecule is CC1(C)C2CCC1(CS(=O)[O-])C(=O)C2.[Ag+]. The standard InChI is InChI=1S/C10H16O3S.Ag/c1-9(2)7-3-4-10(9,6-14(12)13)8(11)5-7;/h7H,3-6H2,1-2H3,(H,12,13);/q;+1/p-1. The molecule has 2 saturated carbocycles. The summed E-state index contributed by atoms with van der Waals surface area (Å²) in [4.78, 5) is 11.8. The Bertz CT molecular complexity index is 316. The van der Waals surface area contributed by atoms with Crippen molar-refractivity contribution < 1.29 is 35.9 Å². The molecule has 0 N–H and O–H groups in total. The summed E-state index contributed by atoms with van der Waals surface area (Å²) in [5.41, 5.74) is -0.686. The van der Waals surface area contributed by atoms with Crippen molar-refractivity contribution in [2.75, 3.05) is 5.75 Å². The Balaban J connectivity index is 0.00000112. The molecule has 0 radical (unpaired) electrons. The minimum atomic E-state index is -2.11. The van der Waals surface area contributed by atoms with E-state index in [1.807, 2.05) is 13.8 Å². The first-order valence-corrected chi connectivity index (χ1v) is 6.24. The van der Waals surface area contributed by atoms with E-state index in [0.717, 1.165) is 12.8 Å². The van der Waals surface area contributed by atoms with E-state index >= 15 is 0 Å². The molecule has 0 amide bonds.